The van der Waals surface area contributed by atoms with Crippen LogP contribution in [0.15, 0.2) is 59.1 Å². The summed E-state index contributed by atoms with van der Waals surface area (Å²) in [5.74, 6) is 1.52. The predicted molar refractivity (Wildman–Crippen MR) is 121 cm³/mol. The summed E-state index contributed by atoms with van der Waals surface area (Å²) in [7, 11) is 0. The molecule has 0 saturated carbocycles. The van der Waals surface area contributed by atoms with Gasteiger partial charge in [0, 0.05) is 30.5 Å². The summed E-state index contributed by atoms with van der Waals surface area (Å²) in [6, 6.07) is 15.0. The molecule has 8 nitrogen and oxygen atoms in total. The van der Waals surface area contributed by atoms with Crippen molar-refractivity contribution in [2.75, 3.05) is 0 Å². The number of amides is 2. The highest BCUT2D eigenvalue weighted by Gasteiger charge is 2.12. The standard InChI is InChI=1S/C24H25N5O3/c1-3-29-16(2)26-19-14-18(12-13-20(19)29)24(31)28-27-22(30)10-7-11-23-25-15-21(32-23)17-8-5-4-6-9-17/h4-6,8-9,12-15H,3,7,10-11H2,1-2H3,(H,27,30)(H,28,31). The second kappa shape index (κ2) is 9.47. The van der Waals surface area contributed by atoms with E-state index in [0.29, 0.717) is 30.1 Å². The molecule has 0 bridgehead atoms. The molecule has 0 unspecified atom stereocenters. The van der Waals surface area contributed by atoms with Crippen LogP contribution in [0.25, 0.3) is 22.4 Å². The van der Waals surface area contributed by atoms with Crippen molar-refractivity contribution in [3.05, 3.63) is 72.0 Å². The van der Waals surface area contributed by atoms with Crippen LogP contribution < -0.4 is 10.9 Å². The highest BCUT2D eigenvalue weighted by atomic mass is 16.4. The maximum atomic E-state index is 12.4. The molecule has 0 radical (unpaired) electrons. The number of fused-ring (bicyclic) bond motifs is 1. The fraction of sp³-hybridized carbons (Fsp3) is 0.250. The zero-order valence-electron chi connectivity index (χ0n) is 18.1. The number of imidazole rings is 1. The molecule has 0 spiro atoms. The van der Waals surface area contributed by atoms with Gasteiger partial charge in [0.05, 0.1) is 17.2 Å². The number of oxazole rings is 1. The van der Waals surface area contributed by atoms with E-state index in [1.807, 2.05) is 43.3 Å². The summed E-state index contributed by atoms with van der Waals surface area (Å²) < 4.78 is 7.82. The maximum absolute atomic E-state index is 12.4. The number of nitrogens with zero attached hydrogens (tertiary/aromatic N) is 3. The molecule has 2 amide bonds. The lowest BCUT2D eigenvalue weighted by Crippen LogP contribution is -2.41. The van der Waals surface area contributed by atoms with E-state index in [9.17, 15) is 9.59 Å². The number of hydrogen-bond acceptors (Lipinski definition) is 5. The molecule has 4 aromatic rings. The number of nitrogens with one attached hydrogen (secondary N) is 2. The Balaban J connectivity index is 1.25. The summed E-state index contributed by atoms with van der Waals surface area (Å²) in [6.45, 7) is 4.80. The normalized spacial score (nSPS) is 10.9. The van der Waals surface area contributed by atoms with Gasteiger partial charge in [0.25, 0.3) is 5.91 Å². The molecular formula is C24H25N5O3. The Morgan fingerprint density at radius 3 is 2.69 bits per heavy atom. The Bertz CT molecular complexity index is 1240. The smallest absolute Gasteiger partial charge is 0.269 e. The third-order valence-electron chi connectivity index (χ3n) is 5.24. The van der Waals surface area contributed by atoms with Crippen molar-refractivity contribution in [1.29, 1.82) is 0 Å². The van der Waals surface area contributed by atoms with Gasteiger partial charge in [0.1, 0.15) is 5.82 Å². The summed E-state index contributed by atoms with van der Waals surface area (Å²) >= 11 is 0. The van der Waals surface area contributed by atoms with E-state index in [1.165, 1.54) is 0 Å². The van der Waals surface area contributed by atoms with E-state index >= 15 is 0 Å². The van der Waals surface area contributed by atoms with Crippen LogP contribution in [0.3, 0.4) is 0 Å². The molecule has 2 N–H and O–H groups in total. The molecule has 0 fully saturated rings. The number of carbonyl (C=O) groups excluding carboxylic acids is 2. The summed E-state index contributed by atoms with van der Waals surface area (Å²) in [5, 5.41) is 0. The molecule has 8 heteroatoms. The first-order chi connectivity index (χ1) is 15.5. The number of hydrazine groups is 1. The molecule has 0 aliphatic carbocycles. The second-order valence-corrected chi connectivity index (χ2v) is 7.45. The van der Waals surface area contributed by atoms with Crippen LogP contribution in [-0.4, -0.2) is 26.3 Å². The number of rotatable bonds is 7. The quantitative estimate of drug-likeness (QED) is 0.433. The topological polar surface area (TPSA) is 102 Å². The van der Waals surface area contributed by atoms with E-state index < -0.39 is 0 Å². The highest BCUT2D eigenvalue weighted by molar-refractivity contribution is 5.98. The number of benzene rings is 2. The van der Waals surface area contributed by atoms with Gasteiger partial charge in [-0.1, -0.05) is 30.3 Å². The largest absolute Gasteiger partial charge is 0.441 e. The Labute approximate surface area is 185 Å². The van der Waals surface area contributed by atoms with Crippen LogP contribution in [0.1, 0.15) is 41.8 Å². The van der Waals surface area contributed by atoms with E-state index in [1.54, 1.807) is 18.3 Å². The van der Waals surface area contributed by atoms with Crippen LogP contribution in [0.5, 0.6) is 0 Å². The molecule has 0 aliphatic rings. The number of hydrogen-bond donors (Lipinski definition) is 2. The first-order valence-corrected chi connectivity index (χ1v) is 10.6. The molecule has 4 rings (SSSR count). The maximum Gasteiger partial charge on any atom is 0.269 e. The van der Waals surface area contributed by atoms with Gasteiger partial charge in [-0.05, 0) is 38.5 Å². The van der Waals surface area contributed by atoms with Gasteiger partial charge < -0.3 is 8.98 Å². The first kappa shape index (κ1) is 21.3. The zero-order valence-corrected chi connectivity index (χ0v) is 18.1. The fourth-order valence-electron chi connectivity index (χ4n) is 3.61. The van der Waals surface area contributed by atoms with Crippen molar-refractivity contribution in [3.8, 4) is 11.3 Å². The van der Waals surface area contributed by atoms with E-state index in [2.05, 4.69) is 32.3 Å². The van der Waals surface area contributed by atoms with Gasteiger partial charge in [-0.2, -0.15) is 0 Å². The molecule has 164 valence electrons. The number of aryl methyl sites for hydroxylation is 3. The highest BCUT2D eigenvalue weighted by Crippen LogP contribution is 2.20. The van der Waals surface area contributed by atoms with Crippen LogP contribution in [-0.2, 0) is 17.8 Å². The van der Waals surface area contributed by atoms with Crippen molar-refractivity contribution in [3.63, 3.8) is 0 Å². The first-order valence-electron chi connectivity index (χ1n) is 10.6. The number of carbonyl (C=O) groups is 2. The lowest BCUT2D eigenvalue weighted by molar-refractivity contribution is -0.121. The molecule has 2 aromatic heterocycles. The van der Waals surface area contributed by atoms with Gasteiger partial charge in [0.2, 0.25) is 5.91 Å². The van der Waals surface area contributed by atoms with Gasteiger partial charge in [-0.15, -0.1) is 0 Å². The predicted octanol–water partition coefficient (Wildman–Crippen LogP) is 3.80. The summed E-state index contributed by atoms with van der Waals surface area (Å²) in [4.78, 5) is 33.3. The van der Waals surface area contributed by atoms with Crippen LogP contribution in [0.2, 0.25) is 0 Å². The Morgan fingerprint density at radius 1 is 1.09 bits per heavy atom. The van der Waals surface area contributed by atoms with E-state index in [4.69, 9.17) is 4.42 Å². The Morgan fingerprint density at radius 2 is 1.91 bits per heavy atom. The molecule has 0 saturated heterocycles. The number of aromatic nitrogens is 3. The van der Waals surface area contributed by atoms with E-state index in [-0.39, 0.29) is 18.2 Å². The molecule has 32 heavy (non-hydrogen) atoms. The summed E-state index contributed by atoms with van der Waals surface area (Å²) in [5.41, 5.74) is 8.05. The lowest BCUT2D eigenvalue weighted by atomic mass is 10.2. The third kappa shape index (κ3) is 4.69. The van der Waals surface area contributed by atoms with Crippen molar-refractivity contribution < 1.29 is 14.0 Å². The Kier molecular flexibility index (Phi) is 6.30. The van der Waals surface area contributed by atoms with Crippen LogP contribution >= 0.6 is 0 Å². The molecule has 0 atom stereocenters. The van der Waals surface area contributed by atoms with Gasteiger partial charge in [-0.3, -0.25) is 20.4 Å². The minimum atomic E-state index is -0.385. The molecule has 2 heterocycles. The Hall–Kier alpha value is -3.94. The fourth-order valence-corrected chi connectivity index (χ4v) is 3.61. The minimum Gasteiger partial charge on any atom is -0.441 e. The molecule has 2 aromatic carbocycles. The van der Waals surface area contributed by atoms with Crippen molar-refractivity contribution in [2.24, 2.45) is 0 Å². The molecular weight excluding hydrogens is 406 g/mol. The second-order valence-electron chi connectivity index (χ2n) is 7.45. The monoisotopic (exact) mass is 431 g/mol. The van der Waals surface area contributed by atoms with Crippen LogP contribution in [0, 0.1) is 6.92 Å². The average Bonchev–Trinajstić information content (AvgIpc) is 3.41. The summed E-state index contributed by atoms with van der Waals surface area (Å²) in [6.07, 6.45) is 3.01. The van der Waals surface area contributed by atoms with Gasteiger partial charge in [-0.25, -0.2) is 9.97 Å². The van der Waals surface area contributed by atoms with Crippen LogP contribution in [0.4, 0.5) is 0 Å². The van der Waals surface area contributed by atoms with Gasteiger partial charge in [0.15, 0.2) is 11.7 Å². The average molecular weight is 431 g/mol. The SMILES string of the molecule is CCn1c(C)nc2cc(C(=O)NNC(=O)CCCc3ncc(-c4ccccc4)o3)ccc21. The van der Waals surface area contributed by atoms with Gasteiger partial charge >= 0.3 is 0 Å². The lowest BCUT2D eigenvalue weighted by Gasteiger charge is -2.07. The third-order valence-corrected chi connectivity index (χ3v) is 5.24. The zero-order chi connectivity index (χ0) is 22.5. The van der Waals surface area contributed by atoms with Crippen molar-refractivity contribution >= 4 is 22.8 Å². The van der Waals surface area contributed by atoms with Crippen molar-refractivity contribution in [2.45, 2.75) is 39.7 Å². The van der Waals surface area contributed by atoms with E-state index in [0.717, 1.165) is 29.0 Å². The van der Waals surface area contributed by atoms with Crippen molar-refractivity contribution in [1.82, 2.24) is 25.4 Å². The molecule has 0 aliphatic heterocycles. The minimum absolute atomic E-state index is 0.239.